The molecule has 1 saturated carbocycles. The normalized spacial score (nSPS) is 27.1. The molecule has 0 heterocycles. The molecule has 1 fully saturated rings. The number of halogens is 4. The minimum atomic E-state index is -4.71. The molecule has 118 valence electrons. The van der Waals surface area contributed by atoms with Crippen LogP contribution in [0.4, 0.5) is 17.6 Å². The summed E-state index contributed by atoms with van der Waals surface area (Å²) in [7, 11) is 0. The minimum absolute atomic E-state index is 0.0672. The van der Waals surface area contributed by atoms with Crippen molar-refractivity contribution in [1.29, 1.82) is 0 Å². The lowest BCUT2D eigenvalue weighted by atomic mass is 9.67. The zero-order chi connectivity index (χ0) is 15.8. The Morgan fingerprint density at radius 1 is 1.24 bits per heavy atom. The first kappa shape index (κ1) is 16.3. The van der Waals surface area contributed by atoms with Gasteiger partial charge in [0.2, 0.25) is 0 Å². The Balaban J connectivity index is 2.42. The van der Waals surface area contributed by atoms with Crippen molar-refractivity contribution in [3.05, 3.63) is 35.1 Å². The Labute approximate surface area is 122 Å². The molecule has 1 N–H and O–H groups in total. The number of alkyl halides is 3. The van der Waals surface area contributed by atoms with Gasteiger partial charge in [0, 0.05) is 0 Å². The van der Waals surface area contributed by atoms with E-state index in [9.17, 15) is 22.7 Å². The Morgan fingerprint density at radius 3 is 2.43 bits per heavy atom. The average Bonchev–Trinajstić information content (AvgIpc) is 2.37. The molecule has 1 aromatic rings. The molecule has 0 radical (unpaired) electrons. The minimum Gasteiger partial charge on any atom is -0.385 e. The van der Waals surface area contributed by atoms with Crippen molar-refractivity contribution >= 4 is 0 Å². The fourth-order valence-corrected chi connectivity index (χ4v) is 3.44. The second-order valence-corrected chi connectivity index (χ2v) is 6.21. The third-order valence-corrected chi connectivity index (χ3v) is 4.52. The average molecular weight is 304 g/mol. The van der Waals surface area contributed by atoms with Crippen LogP contribution in [0.25, 0.3) is 0 Å². The topological polar surface area (TPSA) is 20.2 Å². The van der Waals surface area contributed by atoms with E-state index in [1.165, 1.54) is 6.07 Å². The second-order valence-electron chi connectivity index (χ2n) is 6.21. The van der Waals surface area contributed by atoms with Crippen LogP contribution < -0.4 is 0 Å². The van der Waals surface area contributed by atoms with Gasteiger partial charge >= 0.3 is 6.18 Å². The van der Waals surface area contributed by atoms with Gasteiger partial charge in [0.15, 0.2) is 0 Å². The lowest BCUT2D eigenvalue weighted by Crippen LogP contribution is -2.40. The molecule has 0 spiro atoms. The van der Waals surface area contributed by atoms with E-state index in [0.717, 1.165) is 31.4 Å². The van der Waals surface area contributed by atoms with Crippen LogP contribution in [0.15, 0.2) is 18.2 Å². The summed E-state index contributed by atoms with van der Waals surface area (Å²) >= 11 is 0. The van der Waals surface area contributed by atoms with Gasteiger partial charge in [0.1, 0.15) is 5.82 Å². The zero-order valence-electron chi connectivity index (χ0n) is 12.2. The SMILES string of the molecule is CC(C)C1CCCCC1(O)c1ccc(C(F)(F)F)c(F)c1. The lowest BCUT2D eigenvalue weighted by Gasteiger charge is -2.43. The Hall–Kier alpha value is -1.10. The van der Waals surface area contributed by atoms with Crippen molar-refractivity contribution in [3.63, 3.8) is 0 Å². The van der Waals surface area contributed by atoms with Crippen LogP contribution in [0.2, 0.25) is 0 Å². The van der Waals surface area contributed by atoms with Gasteiger partial charge in [-0.3, -0.25) is 0 Å². The van der Waals surface area contributed by atoms with Crippen LogP contribution in [-0.4, -0.2) is 5.11 Å². The highest BCUT2D eigenvalue weighted by molar-refractivity contribution is 5.31. The highest BCUT2D eigenvalue weighted by Gasteiger charge is 2.43. The summed E-state index contributed by atoms with van der Waals surface area (Å²) in [6, 6.07) is 2.80. The van der Waals surface area contributed by atoms with E-state index in [1.807, 2.05) is 13.8 Å². The van der Waals surface area contributed by atoms with E-state index in [2.05, 4.69) is 0 Å². The highest BCUT2D eigenvalue weighted by atomic mass is 19.4. The molecule has 21 heavy (non-hydrogen) atoms. The van der Waals surface area contributed by atoms with Crippen LogP contribution in [0.1, 0.15) is 50.7 Å². The summed E-state index contributed by atoms with van der Waals surface area (Å²) in [5.41, 5.74) is -2.27. The molecule has 0 aromatic heterocycles. The second kappa shape index (κ2) is 5.59. The molecule has 1 aromatic carbocycles. The molecule has 5 heteroatoms. The molecule has 1 aliphatic rings. The molecule has 2 unspecified atom stereocenters. The first-order chi connectivity index (χ1) is 9.66. The monoisotopic (exact) mass is 304 g/mol. The van der Waals surface area contributed by atoms with Crippen LogP contribution in [0, 0.1) is 17.7 Å². The standard InChI is InChI=1S/C16H20F4O/c1-10(2)12-5-3-4-8-15(12,21)11-6-7-13(14(17)9-11)16(18,19)20/h6-7,9-10,12,21H,3-5,8H2,1-2H3. The number of aliphatic hydroxyl groups is 1. The summed E-state index contributed by atoms with van der Waals surface area (Å²) in [5.74, 6) is -1.20. The summed E-state index contributed by atoms with van der Waals surface area (Å²) < 4.78 is 51.6. The van der Waals surface area contributed by atoms with Gasteiger partial charge in [-0.25, -0.2) is 4.39 Å². The summed E-state index contributed by atoms with van der Waals surface area (Å²) in [6.07, 6.45) is -1.68. The van der Waals surface area contributed by atoms with Crippen LogP contribution in [-0.2, 0) is 11.8 Å². The van der Waals surface area contributed by atoms with E-state index >= 15 is 0 Å². The maximum Gasteiger partial charge on any atom is 0.419 e. The van der Waals surface area contributed by atoms with E-state index in [1.54, 1.807) is 0 Å². The van der Waals surface area contributed by atoms with Crippen LogP contribution in [0.3, 0.4) is 0 Å². The van der Waals surface area contributed by atoms with Crippen molar-refractivity contribution in [2.75, 3.05) is 0 Å². The van der Waals surface area contributed by atoms with Gasteiger partial charge in [-0.1, -0.05) is 32.8 Å². The van der Waals surface area contributed by atoms with Crippen LogP contribution in [0.5, 0.6) is 0 Å². The maximum atomic E-state index is 13.8. The predicted molar refractivity (Wildman–Crippen MR) is 72.1 cm³/mol. The fourth-order valence-electron chi connectivity index (χ4n) is 3.44. The number of benzene rings is 1. The summed E-state index contributed by atoms with van der Waals surface area (Å²) in [6.45, 7) is 3.95. The Kier molecular flexibility index (Phi) is 4.34. The van der Waals surface area contributed by atoms with Crippen molar-refractivity contribution in [1.82, 2.24) is 0 Å². The Bertz CT molecular complexity index is 509. The van der Waals surface area contributed by atoms with Gasteiger partial charge < -0.3 is 5.11 Å². The van der Waals surface area contributed by atoms with Gasteiger partial charge in [-0.05, 0) is 42.4 Å². The first-order valence-electron chi connectivity index (χ1n) is 7.26. The Morgan fingerprint density at radius 2 is 1.90 bits per heavy atom. The summed E-state index contributed by atoms with van der Waals surface area (Å²) in [4.78, 5) is 0. The number of hydrogen-bond donors (Lipinski definition) is 1. The summed E-state index contributed by atoms with van der Waals surface area (Å²) in [5, 5.41) is 10.9. The molecule has 0 saturated heterocycles. The molecule has 0 amide bonds. The van der Waals surface area contributed by atoms with Gasteiger partial charge in [0.05, 0.1) is 11.2 Å². The molecule has 1 nitrogen and oxygen atoms in total. The predicted octanol–water partition coefficient (Wildman–Crippen LogP) is 4.88. The van der Waals surface area contributed by atoms with Crippen molar-refractivity contribution in [3.8, 4) is 0 Å². The quantitative estimate of drug-likeness (QED) is 0.772. The first-order valence-corrected chi connectivity index (χ1v) is 7.26. The molecule has 2 atom stereocenters. The number of rotatable bonds is 2. The molecule has 0 bridgehead atoms. The van der Waals surface area contributed by atoms with Gasteiger partial charge in [-0.15, -0.1) is 0 Å². The van der Waals surface area contributed by atoms with Crippen molar-refractivity contribution in [2.45, 2.75) is 51.3 Å². The smallest absolute Gasteiger partial charge is 0.385 e. The fraction of sp³-hybridized carbons (Fsp3) is 0.625. The molecule has 1 aliphatic carbocycles. The van der Waals surface area contributed by atoms with Crippen LogP contribution >= 0.6 is 0 Å². The van der Waals surface area contributed by atoms with Crippen molar-refractivity contribution in [2.24, 2.45) is 11.8 Å². The van der Waals surface area contributed by atoms with E-state index in [0.29, 0.717) is 6.42 Å². The lowest BCUT2D eigenvalue weighted by molar-refractivity contribution is -0.140. The third kappa shape index (κ3) is 3.07. The van der Waals surface area contributed by atoms with Gasteiger partial charge in [-0.2, -0.15) is 13.2 Å². The highest BCUT2D eigenvalue weighted by Crippen LogP contribution is 2.46. The van der Waals surface area contributed by atoms with Gasteiger partial charge in [0.25, 0.3) is 0 Å². The van der Waals surface area contributed by atoms with Crippen molar-refractivity contribution < 1.29 is 22.7 Å². The molecule has 0 aliphatic heterocycles. The van der Waals surface area contributed by atoms with E-state index in [-0.39, 0.29) is 17.4 Å². The third-order valence-electron chi connectivity index (χ3n) is 4.52. The van der Waals surface area contributed by atoms with E-state index in [4.69, 9.17) is 0 Å². The molecular formula is C16H20F4O. The molecular weight excluding hydrogens is 284 g/mol. The largest absolute Gasteiger partial charge is 0.419 e. The maximum absolute atomic E-state index is 13.8. The molecule has 2 rings (SSSR count). The zero-order valence-corrected chi connectivity index (χ0v) is 12.2. The number of hydrogen-bond acceptors (Lipinski definition) is 1. The van der Waals surface area contributed by atoms with E-state index < -0.39 is 23.2 Å².